The van der Waals surface area contributed by atoms with E-state index in [9.17, 15) is 9.90 Å². The zero-order valence-corrected chi connectivity index (χ0v) is 18.9. The van der Waals surface area contributed by atoms with Gasteiger partial charge < -0.3 is 14.6 Å². The van der Waals surface area contributed by atoms with Gasteiger partial charge in [0.15, 0.2) is 0 Å². The minimum Gasteiger partial charge on any atom is -0.457 e. The standard InChI is InChI=1S/C24H48O4/c1-3-5-7-9-11-12-13-14-16-18-20-27-22-23(21-25)28-24(26)19-17-15-10-8-6-4-2/h23,25H,3-22H2,1-2H3. The lowest BCUT2D eigenvalue weighted by atomic mass is 10.1. The van der Waals surface area contributed by atoms with Gasteiger partial charge in [0, 0.05) is 13.0 Å². The van der Waals surface area contributed by atoms with E-state index < -0.39 is 6.10 Å². The fraction of sp³-hybridized carbons (Fsp3) is 0.958. The van der Waals surface area contributed by atoms with E-state index in [1.54, 1.807) is 0 Å². The number of hydrogen-bond donors (Lipinski definition) is 1. The van der Waals surface area contributed by atoms with Gasteiger partial charge in [-0.2, -0.15) is 0 Å². The van der Waals surface area contributed by atoms with Crippen LogP contribution in [0, 0.1) is 0 Å². The molecule has 28 heavy (non-hydrogen) atoms. The normalized spacial score (nSPS) is 12.2. The first-order chi connectivity index (χ1) is 13.7. The van der Waals surface area contributed by atoms with Gasteiger partial charge in [-0.1, -0.05) is 104 Å². The van der Waals surface area contributed by atoms with E-state index in [2.05, 4.69) is 13.8 Å². The monoisotopic (exact) mass is 400 g/mol. The zero-order chi connectivity index (χ0) is 20.7. The zero-order valence-electron chi connectivity index (χ0n) is 18.9. The predicted octanol–water partition coefficient (Wildman–Crippen LogP) is 6.58. The molecule has 0 aliphatic carbocycles. The van der Waals surface area contributed by atoms with Gasteiger partial charge in [0.25, 0.3) is 0 Å². The van der Waals surface area contributed by atoms with Crippen LogP contribution < -0.4 is 0 Å². The van der Waals surface area contributed by atoms with Crippen LogP contribution in [-0.4, -0.2) is 37.0 Å². The number of esters is 1. The van der Waals surface area contributed by atoms with Gasteiger partial charge in [0.2, 0.25) is 0 Å². The average molecular weight is 401 g/mol. The summed E-state index contributed by atoms with van der Waals surface area (Å²) in [5, 5.41) is 9.36. The maximum Gasteiger partial charge on any atom is 0.306 e. The number of aliphatic hydroxyl groups excluding tert-OH is 1. The van der Waals surface area contributed by atoms with Crippen molar-refractivity contribution in [3.8, 4) is 0 Å². The molecule has 1 unspecified atom stereocenters. The first-order valence-electron chi connectivity index (χ1n) is 12.1. The van der Waals surface area contributed by atoms with E-state index in [1.807, 2.05) is 0 Å². The summed E-state index contributed by atoms with van der Waals surface area (Å²) in [5.41, 5.74) is 0. The Balaban J connectivity index is 3.44. The quantitative estimate of drug-likeness (QED) is 0.165. The predicted molar refractivity (Wildman–Crippen MR) is 118 cm³/mol. The third kappa shape index (κ3) is 20.1. The lowest BCUT2D eigenvalue weighted by Crippen LogP contribution is -2.27. The fourth-order valence-corrected chi connectivity index (χ4v) is 3.32. The van der Waals surface area contributed by atoms with Gasteiger partial charge in [-0.15, -0.1) is 0 Å². The van der Waals surface area contributed by atoms with Crippen molar-refractivity contribution in [2.75, 3.05) is 19.8 Å². The molecule has 1 N–H and O–H groups in total. The van der Waals surface area contributed by atoms with E-state index in [0.717, 1.165) is 19.3 Å². The maximum absolute atomic E-state index is 11.8. The molecule has 0 aromatic heterocycles. The number of carbonyl (C=O) groups excluding carboxylic acids is 1. The Kier molecular flexibility index (Phi) is 22.2. The van der Waals surface area contributed by atoms with Gasteiger partial charge in [0.1, 0.15) is 6.10 Å². The number of unbranched alkanes of at least 4 members (excludes halogenated alkanes) is 14. The largest absolute Gasteiger partial charge is 0.457 e. The van der Waals surface area contributed by atoms with Crippen molar-refractivity contribution < 1.29 is 19.4 Å². The Labute approximate surface area is 174 Å². The van der Waals surface area contributed by atoms with Crippen molar-refractivity contribution in [3.05, 3.63) is 0 Å². The van der Waals surface area contributed by atoms with E-state index in [0.29, 0.717) is 19.6 Å². The Bertz CT molecular complexity index is 320. The van der Waals surface area contributed by atoms with Crippen LogP contribution in [-0.2, 0) is 14.3 Å². The van der Waals surface area contributed by atoms with Crippen molar-refractivity contribution in [2.24, 2.45) is 0 Å². The van der Waals surface area contributed by atoms with Crippen LogP contribution in [0.1, 0.15) is 123 Å². The van der Waals surface area contributed by atoms with Gasteiger partial charge in [0.05, 0.1) is 13.2 Å². The van der Waals surface area contributed by atoms with Crippen molar-refractivity contribution in [1.29, 1.82) is 0 Å². The Morgan fingerprint density at radius 3 is 1.68 bits per heavy atom. The minimum absolute atomic E-state index is 0.166. The minimum atomic E-state index is -0.518. The second kappa shape index (κ2) is 22.7. The Morgan fingerprint density at radius 1 is 0.714 bits per heavy atom. The summed E-state index contributed by atoms with van der Waals surface area (Å²) < 4.78 is 10.9. The molecule has 0 bridgehead atoms. The molecule has 0 saturated carbocycles. The van der Waals surface area contributed by atoms with Gasteiger partial charge in [-0.3, -0.25) is 4.79 Å². The molecule has 0 aliphatic heterocycles. The highest BCUT2D eigenvalue weighted by Crippen LogP contribution is 2.11. The maximum atomic E-state index is 11.8. The van der Waals surface area contributed by atoms with E-state index in [4.69, 9.17) is 9.47 Å². The van der Waals surface area contributed by atoms with Crippen molar-refractivity contribution in [1.82, 2.24) is 0 Å². The van der Waals surface area contributed by atoms with Crippen LogP contribution in [0.5, 0.6) is 0 Å². The molecular weight excluding hydrogens is 352 g/mol. The molecule has 0 fully saturated rings. The second-order valence-corrected chi connectivity index (χ2v) is 8.07. The number of aliphatic hydroxyl groups is 1. The number of hydrogen-bond acceptors (Lipinski definition) is 4. The van der Waals surface area contributed by atoms with Crippen LogP contribution in [0.3, 0.4) is 0 Å². The second-order valence-electron chi connectivity index (χ2n) is 8.07. The van der Waals surface area contributed by atoms with Crippen molar-refractivity contribution in [3.63, 3.8) is 0 Å². The number of carbonyl (C=O) groups is 1. The fourth-order valence-electron chi connectivity index (χ4n) is 3.32. The molecule has 4 heteroatoms. The van der Waals surface area contributed by atoms with Gasteiger partial charge in [-0.25, -0.2) is 0 Å². The van der Waals surface area contributed by atoms with E-state index in [1.165, 1.54) is 83.5 Å². The summed E-state index contributed by atoms with van der Waals surface area (Å²) in [6.45, 7) is 5.27. The van der Waals surface area contributed by atoms with Crippen LogP contribution in [0.4, 0.5) is 0 Å². The topological polar surface area (TPSA) is 55.8 Å². The summed E-state index contributed by atoms with van der Waals surface area (Å²) >= 11 is 0. The Hall–Kier alpha value is -0.610. The van der Waals surface area contributed by atoms with Crippen LogP contribution in [0.2, 0.25) is 0 Å². The average Bonchev–Trinajstić information content (AvgIpc) is 2.70. The highest BCUT2D eigenvalue weighted by atomic mass is 16.6. The third-order valence-electron chi connectivity index (χ3n) is 5.18. The van der Waals surface area contributed by atoms with Crippen LogP contribution in [0.15, 0.2) is 0 Å². The molecule has 1 atom stereocenters. The first-order valence-corrected chi connectivity index (χ1v) is 12.1. The van der Waals surface area contributed by atoms with Crippen LogP contribution in [0.25, 0.3) is 0 Å². The van der Waals surface area contributed by atoms with Crippen LogP contribution >= 0.6 is 0 Å². The molecule has 0 rings (SSSR count). The van der Waals surface area contributed by atoms with Gasteiger partial charge >= 0.3 is 5.97 Å². The third-order valence-corrected chi connectivity index (χ3v) is 5.18. The molecule has 0 aromatic rings. The molecule has 0 aromatic carbocycles. The molecule has 0 radical (unpaired) electrons. The lowest BCUT2D eigenvalue weighted by Gasteiger charge is -2.15. The molecule has 0 heterocycles. The molecule has 0 saturated heterocycles. The summed E-state index contributed by atoms with van der Waals surface area (Å²) in [5.74, 6) is -0.211. The summed E-state index contributed by atoms with van der Waals surface area (Å²) in [4.78, 5) is 11.8. The molecule has 168 valence electrons. The number of ether oxygens (including phenoxy) is 2. The smallest absolute Gasteiger partial charge is 0.306 e. The van der Waals surface area contributed by atoms with E-state index in [-0.39, 0.29) is 12.6 Å². The van der Waals surface area contributed by atoms with E-state index >= 15 is 0 Å². The highest BCUT2D eigenvalue weighted by Gasteiger charge is 2.13. The molecular formula is C24H48O4. The summed E-state index contributed by atoms with van der Waals surface area (Å²) in [6.07, 6.45) is 19.8. The van der Waals surface area contributed by atoms with Crippen molar-refractivity contribution >= 4 is 5.97 Å². The first kappa shape index (κ1) is 27.4. The Morgan fingerprint density at radius 2 is 1.18 bits per heavy atom. The van der Waals surface area contributed by atoms with Crippen molar-refractivity contribution in [2.45, 2.75) is 129 Å². The summed E-state index contributed by atoms with van der Waals surface area (Å²) in [6, 6.07) is 0. The molecule has 0 aliphatic rings. The molecule has 0 spiro atoms. The summed E-state index contributed by atoms with van der Waals surface area (Å²) in [7, 11) is 0. The SMILES string of the molecule is CCCCCCCCCCCCOCC(CO)OC(=O)CCCCCCCC. The molecule has 4 nitrogen and oxygen atoms in total. The highest BCUT2D eigenvalue weighted by molar-refractivity contribution is 5.69. The lowest BCUT2D eigenvalue weighted by molar-refractivity contribution is -0.154. The van der Waals surface area contributed by atoms with Gasteiger partial charge in [-0.05, 0) is 12.8 Å². The number of rotatable bonds is 22. The molecule has 0 amide bonds.